The van der Waals surface area contributed by atoms with Crippen molar-refractivity contribution in [2.75, 3.05) is 31.1 Å². The third kappa shape index (κ3) is 2.72. The quantitative estimate of drug-likeness (QED) is 0.647. The Morgan fingerprint density at radius 2 is 1.88 bits per heavy atom. The zero-order chi connectivity index (χ0) is 12.3. The van der Waals surface area contributed by atoms with E-state index in [0.717, 1.165) is 49.1 Å². The van der Waals surface area contributed by atoms with Crippen LogP contribution in [0.4, 0.5) is 5.69 Å². The highest BCUT2D eigenvalue weighted by atomic mass is 35.5. The highest BCUT2D eigenvalue weighted by Crippen LogP contribution is 2.26. The van der Waals surface area contributed by atoms with E-state index in [-0.39, 0.29) is 0 Å². The summed E-state index contributed by atoms with van der Waals surface area (Å²) in [7, 11) is 0. The van der Waals surface area contributed by atoms with Gasteiger partial charge in [0.25, 0.3) is 0 Å². The molecule has 92 valence electrons. The summed E-state index contributed by atoms with van der Waals surface area (Å²) in [4.78, 5) is 4.44. The van der Waals surface area contributed by atoms with Crippen molar-refractivity contribution in [3.8, 4) is 0 Å². The molecule has 0 radical (unpaired) electrons. The SMILES string of the molecule is CCC(=N)N1CCN(c2ccccc2Cl)CC1. The molecule has 0 saturated carbocycles. The van der Waals surface area contributed by atoms with Gasteiger partial charge in [0.1, 0.15) is 0 Å². The highest BCUT2D eigenvalue weighted by Gasteiger charge is 2.19. The molecule has 1 saturated heterocycles. The van der Waals surface area contributed by atoms with Crippen molar-refractivity contribution in [2.45, 2.75) is 13.3 Å². The maximum atomic E-state index is 7.83. The maximum Gasteiger partial charge on any atom is 0.0956 e. The van der Waals surface area contributed by atoms with E-state index in [1.165, 1.54) is 0 Å². The molecule has 2 rings (SSSR count). The van der Waals surface area contributed by atoms with Gasteiger partial charge in [-0.15, -0.1) is 0 Å². The van der Waals surface area contributed by atoms with Gasteiger partial charge in [0.05, 0.1) is 16.5 Å². The van der Waals surface area contributed by atoms with Crippen LogP contribution in [-0.4, -0.2) is 36.9 Å². The number of nitrogens with zero attached hydrogens (tertiary/aromatic N) is 2. The first-order valence-corrected chi connectivity index (χ1v) is 6.42. The summed E-state index contributed by atoms with van der Waals surface area (Å²) < 4.78 is 0. The minimum absolute atomic E-state index is 0.740. The fourth-order valence-corrected chi connectivity index (χ4v) is 2.40. The number of piperazine rings is 1. The van der Waals surface area contributed by atoms with E-state index in [1.807, 2.05) is 25.1 Å². The van der Waals surface area contributed by atoms with Crippen LogP contribution in [0, 0.1) is 5.41 Å². The summed E-state index contributed by atoms with van der Waals surface area (Å²) in [6, 6.07) is 7.96. The number of benzene rings is 1. The second-order valence-corrected chi connectivity index (χ2v) is 4.63. The van der Waals surface area contributed by atoms with Crippen LogP contribution in [0.1, 0.15) is 13.3 Å². The van der Waals surface area contributed by atoms with Crippen LogP contribution in [0.5, 0.6) is 0 Å². The van der Waals surface area contributed by atoms with Gasteiger partial charge < -0.3 is 9.80 Å². The molecule has 0 bridgehead atoms. The van der Waals surface area contributed by atoms with Gasteiger partial charge in [-0.1, -0.05) is 30.7 Å². The number of halogens is 1. The normalized spacial score (nSPS) is 16.1. The molecule has 1 heterocycles. The number of nitrogens with one attached hydrogen (secondary N) is 1. The van der Waals surface area contributed by atoms with Gasteiger partial charge >= 0.3 is 0 Å². The molecule has 3 nitrogen and oxygen atoms in total. The van der Waals surface area contributed by atoms with E-state index in [0.29, 0.717) is 0 Å². The first-order valence-electron chi connectivity index (χ1n) is 6.04. The van der Waals surface area contributed by atoms with Crippen LogP contribution in [0.2, 0.25) is 5.02 Å². The molecular formula is C13H18ClN3. The van der Waals surface area contributed by atoms with Crippen molar-refractivity contribution in [3.05, 3.63) is 29.3 Å². The molecule has 0 unspecified atom stereocenters. The Labute approximate surface area is 107 Å². The topological polar surface area (TPSA) is 30.3 Å². The van der Waals surface area contributed by atoms with Gasteiger partial charge in [-0.3, -0.25) is 5.41 Å². The molecule has 1 N–H and O–H groups in total. The second-order valence-electron chi connectivity index (χ2n) is 4.23. The lowest BCUT2D eigenvalue weighted by atomic mass is 10.2. The molecule has 17 heavy (non-hydrogen) atoms. The molecule has 0 aliphatic carbocycles. The maximum absolute atomic E-state index is 7.83. The second kappa shape index (κ2) is 5.41. The van der Waals surface area contributed by atoms with Crippen LogP contribution in [-0.2, 0) is 0 Å². The lowest BCUT2D eigenvalue weighted by molar-refractivity contribution is 0.378. The zero-order valence-corrected chi connectivity index (χ0v) is 10.9. The molecule has 0 atom stereocenters. The lowest BCUT2D eigenvalue weighted by Crippen LogP contribution is -2.48. The van der Waals surface area contributed by atoms with Crippen LogP contribution < -0.4 is 4.90 Å². The van der Waals surface area contributed by atoms with Crippen LogP contribution in [0.25, 0.3) is 0 Å². The molecule has 0 spiro atoms. The average Bonchev–Trinajstić information content (AvgIpc) is 2.39. The van der Waals surface area contributed by atoms with Crippen molar-refractivity contribution in [1.82, 2.24) is 4.90 Å². The number of rotatable bonds is 2. The molecule has 1 aliphatic heterocycles. The molecular weight excluding hydrogens is 234 g/mol. The predicted octanol–water partition coefficient (Wildman–Crippen LogP) is 2.85. The molecule has 1 aromatic rings. The summed E-state index contributed by atoms with van der Waals surface area (Å²) in [5, 5.41) is 8.64. The molecule has 1 fully saturated rings. The van der Waals surface area contributed by atoms with Crippen molar-refractivity contribution >= 4 is 23.1 Å². The van der Waals surface area contributed by atoms with Gasteiger partial charge in [-0.05, 0) is 12.1 Å². The first-order chi connectivity index (χ1) is 8.22. The fraction of sp³-hybridized carbons (Fsp3) is 0.462. The van der Waals surface area contributed by atoms with E-state index in [9.17, 15) is 0 Å². The van der Waals surface area contributed by atoms with E-state index in [1.54, 1.807) is 0 Å². The minimum atomic E-state index is 0.740. The van der Waals surface area contributed by atoms with E-state index in [2.05, 4.69) is 15.9 Å². The Hall–Kier alpha value is -1.22. The van der Waals surface area contributed by atoms with Gasteiger partial charge in [-0.2, -0.15) is 0 Å². The van der Waals surface area contributed by atoms with Crippen molar-refractivity contribution in [3.63, 3.8) is 0 Å². The van der Waals surface area contributed by atoms with Crippen molar-refractivity contribution < 1.29 is 0 Å². The summed E-state index contributed by atoms with van der Waals surface area (Å²) in [6.07, 6.45) is 0.812. The zero-order valence-electron chi connectivity index (χ0n) is 10.1. The van der Waals surface area contributed by atoms with E-state index >= 15 is 0 Å². The minimum Gasteiger partial charge on any atom is -0.367 e. The number of anilines is 1. The molecule has 1 aromatic carbocycles. The molecule has 1 aliphatic rings. The summed E-state index contributed by atoms with van der Waals surface area (Å²) in [5.41, 5.74) is 1.11. The molecule has 4 heteroatoms. The monoisotopic (exact) mass is 251 g/mol. The Kier molecular flexibility index (Phi) is 3.89. The standard InChI is InChI=1S/C13H18ClN3/c1-2-13(15)17-9-7-16(8-10-17)12-6-4-3-5-11(12)14/h3-6,15H,2,7-10H2,1H3. The first kappa shape index (κ1) is 12.2. The Balaban J connectivity index is 2.00. The van der Waals surface area contributed by atoms with Crippen LogP contribution in [0.3, 0.4) is 0 Å². The summed E-state index contributed by atoms with van der Waals surface area (Å²) in [5.74, 6) is 0.740. The molecule has 0 aromatic heterocycles. The van der Waals surface area contributed by atoms with Crippen LogP contribution in [0.15, 0.2) is 24.3 Å². The summed E-state index contributed by atoms with van der Waals surface area (Å²) >= 11 is 6.19. The van der Waals surface area contributed by atoms with Gasteiger partial charge in [0.15, 0.2) is 0 Å². The van der Waals surface area contributed by atoms with Gasteiger partial charge in [-0.25, -0.2) is 0 Å². The van der Waals surface area contributed by atoms with E-state index in [4.69, 9.17) is 17.0 Å². The Bertz CT molecular complexity index is 397. The number of amidine groups is 1. The van der Waals surface area contributed by atoms with Crippen molar-refractivity contribution in [1.29, 1.82) is 5.41 Å². The average molecular weight is 252 g/mol. The third-order valence-electron chi connectivity index (χ3n) is 3.19. The van der Waals surface area contributed by atoms with Crippen LogP contribution >= 0.6 is 11.6 Å². The van der Waals surface area contributed by atoms with E-state index < -0.39 is 0 Å². The summed E-state index contributed by atoms with van der Waals surface area (Å²) in [6.45, 7) is 5.73. The molecule has 0 amide bonds. The smallest absolute Gasteiger partial charge is 0.0956 e. The number of hydrogen-bond donors (Lipinski definition) is 1. The lowest BCUT2D eigenvalue weighted by Gasteiger charge is -2.37. The number of para-hydroxylation sites is 1. The highest BCUT2D eigenvalue weighted by molar-refractivity contribution is 6.33. The number of hydrogen-bond acceptors (Lipinski definition) is 2. The largest absolute Gasteiger partial charge is 0.367 e. The van der Waals surface area contributed by atoms with Crippen molar-refractivity contribution in [2.24, 2.45) is 0 Å². The Morgan fingerprint density at radius 3 is 2.47 bits per heavy atom. The fourth-order valence-electron chi connectivity index (χ4n) is 2.15. The van der Waals surface area contributed by atoms with Gasteiger partial charge in [0, 0.05) is 32.6 Å². The third-order valence-corrected chi connectivity index (χ3v) is 3.51. The Morgan fingerprint density at radius 1 is 1.24 bits per heavy atom. The predicted molar refractivity (Wildman–Crippen MR) is 73.3 cm³/mol. The van der Waals surface area contributed by atoms with Gasteiger partial charge in [0.2, 0.25) is 0 Å².